The van der Waals surface area contributed by atoms with E-state index in [1.165, 1.54) is 11.1 Å². The molecule has 0 amide bonds. The molecule has 0 aliphatic rings. The lowest BCUT2D eigenvalue weighted by Gasteiger charge is -2.26. The van der Waals surface area contributed by atoms with Crippen LogP contribution in [0.3, 0.4) is 0 Å². The quantitative estimate of drug-likeness (QED) is 0.852. The first-order valence-corrected chi connectivity index (χ1v) is 7.22. The molecule has 2 aromatic rings. The second-order valence-corrected chi connectivity index (χ2v) is 5.08. The van der Waals surface area contributed by atoms with Gasteiger partial charge in [-0.15, -0.1) is 0 Å². The zero-order valence-corrected chi connectivity index (χ0v) is 12.5. The van der Waals surface area contributed by atoms with Gasteiger partial charge in [0.15, 0.2) is 0 Å². The molecular weight excluding hydrogens is 246 g/mol. The molecular formula is C18H23NO. The molecule has 2 aromatic carbocycles. The van der Waals surface area contributed by atoms with Gasteiger partial charge in [-0.3, -0.25) is 0 Å². The van der Waals surface area contributed by atoms with Gasteiger partial charge in [0.2, 0.25) is 0 Å². The summed E-state index contributed by atoms with van der Waals surface area (Å²) in [5.41, 5.74) is 2.54. The molecule has 0 spiro atoms. The van der Waals surface area contributed by atoms with E-state index in [9.17, 15) is 0 Å². The predicted molar refractivity (Wildman–Crippen MR) is 84.1 cm³/mol. The van der Waals surface area contributed by atoms with E-state index in [2.05, 4.69) is 50.4 Å². The van der Waals surface area contributed by atoms with Crippen molar-refractivity contribution in [3.8, 4) is 5.75 Å². The second-order valence-electron chi connectivity index (χ2n) is 5.08. The number of para-hydroxylation sites is 1. The topological polar surface area (TPSA) is 21.3 Å². The fourth-order valence-electron chi connectivity index (χ4n) is 2.33. The van der Waals surface area contributed by atoms with Crippen molar-refractivity contribution in [2.75, 3.05) is 6.54 Å². The Labute approximate surface area is 121 Å². The number of aryl methyl sites for hydroxylation is 1. The van der Waals surface area contributed by atoms with Crippen molar-refractivity contribution in [2.45, 2.75) is 32.9 Å². The highest BCUT2D eigenvalue weighted by atomic mass is 16.5. The van der Waals surface area contributed by atoms with E-state index in [1.54, 1.807) is 0 Å². The molecule has 2 unspecified atom stereocenters. The van der Waals surface area contributed by atoms with E-state index in [1.807, 2.05) is 30.3 Å². The summed E-state index contributed by atoms with van der Waals surface area (Å²) in [6, 6.07) is 18.8. The molecule has 2 rings (SSSR count). The molecule has 20 heavy (non-hydrogen) atoms. The summed E-state index contributed by atoms with van der Waals surface area (Å²) in [5.74, 6) is 0.912. The van der Waals surface area contributed by atoms with Gasteiger partial charge in [0.25, 0.3) is 0 Å². The normalized spacial score (nSPS) is 13.8. The summed E-state index contributed by atoms with van der Waals surface area (Å²) in [6.07, 6.45) is 0.0695. The van der Waals surface area contributed by atoms with Crippen LogP contribution in [0.4, 0.5) is 0 Å². The SMILES string of the molecule is CCNC(c1ccc(C)cc1)C(C)Oc1ccccc1. The minimum atomic E-state index is 0.0695. The average Bonchev–Trinajstić information content (AvgIpc) is 2.47. The summed E-state index contributed by atoms with van der Waals surface area (Å²) in [6.45, 7) is 7.26. The summed E-state index contributed by atoms with van der Waals surface area (Å²) >= 11 is 0. The number of ether oxygens (including phenoxy) is 1. The molecule has 0 aliphatic carbocycles. The Morgan fingerprint density at radius 2 is 1.65 bits per heavy atom. The minimum Gasteiger partial charge on any atom is -0.489 e. The minimum absolute atomic E-state index is 0.0695. The van der Waals surface area contributed by atoms with Crippen LogP contribution in [0.2, 0.25) is 0 Å². The molecule has 0 fully saturated rings. The first kappa shape index (κ1) is 14.6. The van der Waals surface area contributed by atoms with Crippen molar-refractivity contribution < 1.29 is 4.74 Å². The zero-order valence-electron chi connectivity index (χ0n) is 12.5. The van der Waals surface area contributed by atoms with Crippen LogP contribution in [0.5, 0.6) is 5.75 Å². The molecule has 0 aliphatic heterocycles. The van der Waals surface area contributed by atoms with Crippen molar-refractivity contribution in [2.24, 2.45) is 0 Å². The van der Waals surface area contributed by atoms with Crippen molar-refractivity contribution >= 4 is 0 Å². The van der Waals surface area contributed by atoms with Crippen molar-refractivity contribution in [1.29, 1.82) is 0 Å². The fraction of sp³-hybridized carbons (Fsp3) is 0.333. The Morgan fingerprint density at radius 3 is 2.25 bits per heavy atom. The molecule has 2 nitrogen and oxygen atoms in total. The number of nitrogens with one attached hydrogen (secondary N) is 1. The van der Waals surface area contributed by atoms with Crippen molar-refractivity contribution in [3.05, 3.63) is 65.7 Å². The number of benzene rings is 2. The maximum Gasteiger partial charge on any atom is 0.119 e. The summed E-state index contributed by atoms with van der Waals surface area (Å²) in [4.78, 5) is 0. The van der Waals surface area contributed by atoms with E-state index in [0.717, 1.165) is 12.3 Å². The molecule has 0 saturated heterocycles. The van der Waals surface area contributed by atoms with E-state index in [0.29, 0.717) is 0 Å². The summed E-state index contributed by atoms with van der Waals surface area (Å²) < 4.78 is 6.05. The van der Waals surface area contributed by atoms with Crippen LogP contribution >= 0.6 is 0 Å². The molecule has 0 bridgehead atoms. The van der Waals surface area contributed by atoms with E-state index >= 15 is 0 Å². The van der Waals surface area contributed by atoms with Crippen LogP contribution in [-0.4, -0.2) is 12.6 Å². The monoisotopic (exact) mass is 269 g/mol. The number of hydrogen-bond donors (Lipinski definition) is 1. The molecule has 1 N–H and O–H groups in total. The van der Waals surface area contributed by atoms with Crippen molar-refractivity contribution in [1.82, 2.24) is 5.32 Å². The highest BCUT2D eigenvalue weighted by molar-refractivity contribution is 5.26. The van der Waals surface area contributed by atoms with Gasteiger partial charge in [0.1, 0.15) is 11.9 Å². The first-order valence-electron chi connectivity index (χ1n) is 7.22. The third kappa shape index (κ3) is 3.84. The van der Waals surface area contributed by atoms with E-state index in [4.69, 9.17) is 4.74 Å². The van der Waals surface area contributed by atoms with Gasteiger partial charge in [-0.05, 0) is 38.1 Å². The van der Waals surface area contributed by atoms with Gasteiger partial charge in [0, 0.05) is 0 Å². The lowest BCUT2D eigenvalue weighted by Crippen LogP contribution is -2.33. The second kappa shape index (κ2) is 7.11. The largest absolute Gasteiger partial charge is 0.489 e. The lowest BCUT2D eigenvalue weighted by atomic mass is 10.0. The lowest BCUT2D eigenvalue weighted by molar-refractivity contribution is 0.171. The summed E-state index contributed by atoms with van der Waals surface area (Å²) in [5, 5.41) is 3.51. The first-order chi connectivity index (χ1) is 9.70. The smallest absolute Gasteiger partial charge is 0.119 e. The third-order valence-electron chi connectivity index (χ3n) is 3.40. The Hall–Kier alpha value is -1.80. The summed E-state index contributed by atoms with van der Waals surface area (Å²) in [7, 11) is 0. The van der Waals surface area contributed by atoms with Gasteiger partial charge in [0.05, 0.1) is 6.04 Å². The molecule has 106 valence electrons. The van der Waals surface area contributed by atoms with Gasteiger partial charge < -0.3 is 10.1 Å². The molecule has 0 heterocycles. The average molecular weight is 269 g/mol. The van der Waals surface area contributed by atoms with E-state index < -0.39 is 0 Å². The van der Waals surface area contributed by atoms with Crippen molar-refractivity contribution in [3.63, 3.8) is 0 Å². The highest BCUT2D eigenvalue weighted by Gasteiger charge is 2.19. The highest BCUT2D eigenvalue weighted by Crippen LogP contribution is 2.22. The van der Waals surface area contributed by atoms with Crippen LogP contribution in [0.1, 0.15) is 31.0 Å². The number of likely N-dealkylation sites (N-methyl/N-ethyl adjacent to an activating group) is 1. The Balaban J connectivity index is 2.13. The van der Waals surface area contributed by atoms with Gasteiger partial charge in [-0.1, -0.05) is 55.0 Å². The van der Waals surface area contributed by atoms with Crippen LogP contribution in [-0.2, 0) is 0 Å². The van der Waals surface area contributed by atoms with Gasteiger partial charge in [-0.25, -0.2) is 0 Å². The maximum atomic E-state index is 6.05. The van der Waals surface area contributed by atoms with Crippen LogP contribution in [0, 0.1) is 6.92 Å². The zero-order chi connectivity index (χ0) is 14.4. The Kier molecular flexibility index (Phi) is 5.19. The molecule has 0 aromatic heterocycles. The predicted octanol–water partition coefficient (Wildman–Crippen LogP) is 4.11. The van der Waals surface area contributed by atoms with E-state index in [-0.39, 0.29) is 12.1 Å². The fourth-order valence-corrected chi connectivity index (χ4v) is 2.33. The van der Waals surface area contributed by atoms with Gasteiger partial charge >= 0.3 is 0 Å². The van der Waals surface area contributed by atoms with Crippen LogP contribution < -0.4 is 10.1 Å². The Bertz CT molecular complexity index is 507. The van der Waals surface area contributed by atoms with Crippen LogP contribution in [0.15, 0.2) is 54.6 Å². The molecule has 2 heteroatoms. The van der Waals surface area contributed by atoms with Gasteiger partial charge in [-0.2, -0.15) is 0 Å². The molecule has 0 saturated carbocycles. The van der Waals surface area contributed by atoms with Crippen LogP contribution in [0.25, 0.3) is 0 Å². The Morgan fingerprint density at radius 1 is 1.00 bits per heavy atom. The number of hydrogen-bond acceptors (Lipinski definition) is 2. The standard InChI is InChI=1S/C18H23NO/c1-4-19-18(16-12-10-14(2)11-13-16)15(3)20-17-8-6-5-7-9-17/h5-13,15,18-19H,4H2,1-3H3. The third-order valence-corrected chi connectivity index (χ3v) is 3.40. The maximum absolute atomic E-state index is 6.05. The molecule has 2 atom stereocenters. The number of rotatable bonds is 6. The molecule has 0 radical (unpaired) electrons.